The number of furan rings is 1. The van der Waals surface area contributed by atoms with Crippen molar-refractivity contribution < 1.29 is 14.0 Å². The van der Waals surface area contributed by atoms with Gasteiger partial charge >= 0.3 is 6.03 Å². The quantitative estimate of drug-likeness (QED) is 0.609. The van der Waals surface area contributed by atoms with E-state index in [0.717, 1.165) is 18.6 Å². The molecule has 1 atom stereocenters. The highest BCUT2D eigenvalue weighted by Crippen LogP contribution is 2.07. The molecule has 0 fully saturated rings. The molecular weight excluding hydrogens is 326 g/mol. The standard InChI is InChI=1S/C17H23N3O3S/c1-13(7-8-14-5-2-11-23-14)20-17(22)19-10-4-9-18-16(21)15-6-3-12-24-15/h2-3,5-6,11-13H,4,7-10H2,1H3,(H,18,21)(H2,19,20,22)/t13-/m0/s1. The molecule has 0 saturated heterocycles. The van der Waals surface area contributed by atoms with E-state index in [4.69, 9.17) is 4.42 Å². The Morgan fingerprint density at radius 2 is 2.04 bits per heavy atom. The number of hydrogen-bond donors (Lipinski definition) is 3. The van der Waals surface area contributed by atoms with Crippen LogP contribution in [0.4, 0.5) is 4.79 Å². The van der Waals surface area contributed by atoms with Crippen LogP contribution in [-0.2, 0) is 6.42 Å². The molecule has 0 aromatic carbocycles. The summed E-state index contributed by atoms with van der Waals surface area (Å²) in [6.07, 6.45) is 3.95. The third-order valence-electron chi connectivity index (χ3n) is 3.45. The molecular formula is C17H23N3O3S. The van der Waals surface area contributed by atoms with E-state index in [2.05, 4.69) is 16.0 Å². The van der Waals surface area contributed by atoms with Crippen LogP contribution in [0.5, 0.6) is 0 Å². The lowest BCUT2D eigenvalue weighted by Gasteiger charge is -2.14. The summed E-state index contributed by atoms with van der Waals surface area (Å²) in [6.45, 7) is 3.01. The summed E-state index contributed by atoms with van der Waals surface area (Å²) < 4.78 is 5.26. The van der Waals surface area contributed by atoms with Crippen molar-refractivity contribution in [2.75, 3.05) is 13.1 Å². The fourth-order valence-corrected chi connectivity index (χ4v) is 2.79. The zero-order chi connectivity index (χ0) is 17.2. The monoisotopic (exact) mass is 349 g/mol. The van der Waals surface area contributed by atoms with E-state index in [1.54, 1.807) is 12.3 Å². The number of carbonyl (C=O) groups is 2. The first-order valence-electron chi connectivity index (χ1n) is 8.03. The average Bonchev–Trinajstić information content (AvgIpc) is 3.25. The van der Waals surface area contributed by atoms with Crippen molar-refractivity contribution in [3.8, 4) is 0 Å². The van der Waals surface area contributed by atoms with Gasteiger partial charge in [0.15, 0.2) is 0 Å². The van der Waals surface area contributed by atoms with Gasteiger partial charge in [-0.3, -0.25) is 4.79 Å². The highest BCUT2D eigenvalue weighted by atomic mass is 32.1. The van der Waals surface area contributed by atoms with Crippen LogP contribution in [0.15, 0.2) is 40.3 Å². The predicted octanol–water partition coefficient (Wildman–Crippen LogP) is 2.78. The second kappa shape index (κ2) is 9.77. The van der Waals surface area contributed by atoms with Gasteiger partial charge in [0, 0.05) is 25.6 Å². The smallest absolute Gasteiger partial charge is 0.314 e. The molecule has 2 rings (SSSR count). The Bertz CT molecular complexity index is 611. The van der Waals surface area contributed by atoms with Crippen LogP contribution in [0.2, 0.25) is 0 Å². The minimum absolute atomic E-state index is 0.0635. The van der Waals surface area contributed by atoms with Crippen LogP contribution >= 0.6 is 11.3 Å². The van der Waals surface area contributed by atoms with E-state index >= 15 is 0 Å². The zero-order valence-electron chi connectivity index (χ0n) is 13.7. The number of thiophene rings is 1. The van der Waals surface area contributed by atoms with Gasteiger partial charge in [0.1, 0.15) is 5.76 Å². The van der Waals surface area contributed by atoms with Crippen LogP contribution in [0, 0.1) is 0 Å². The van der Waals surface area contributed by atoms with Gasteiger partial charge in [0.05, 0.1) is 11.1 Å². The third kappa shape index (κ3) is 6.45. The van der Waals surface area contributed by atoms with Crippen molar-refractivity contribution >= 4 is 23.3 Å². The summed E-state index contributed by atoms with van der Waals surface area (Å²) in [5.74, 6) is 0.853. The van der Waals surface area contributed by atoms with Crippen molar-refractivity contribution in [1.82, 2.24) is 16.0 Å². The summed E-state index contributed by atoms with van der Waals surface area (Å²) in [4.78, 5) is 24.2. The van der Waals surface area contributed by atoms with Gasteiger partial charge < -0.3 is 20.4 Å². The number of urea groups is 1. The maximum absolute atomic E-state index is 11.8. The summed E-state index contributed by atoms with van der Waals surface area (Å²) in [5, 5.41) is 10.4. The third-order valence-corrected chi connectivity index (χ3v) is 4.32. The second-order valence-corrected chi connectivity index (χ2v) is 6.45. The Labute approximate surface area is 145 Å². The summed E-state index contributed by atoms with van der Waals surface area (Å²) in [5.41, 5.74) is 0. The summed E-state index contributed by atoms with van der Waals surface area (Å²) in [6, 6.07) is 7.29. The lowest BCUT2D eigenvalue weighted by atomic mass is 10.1. The molecule has 0 aliphatic carbocycles. The Morgan fingerprint density at radius 3 is 2.75 bits per heavy atom. The summed E-state index contributed by atoms with van der Waals surface area (Å²) in [7, 11) is 0. The number of rotatable bonds is 9. The number of carbonyl (C=O) groups excluding carboxylic acids is 2. The highest BCUT2D eigenvalue weighted by molar-refractivity contribution is 7.12. The molecule has 0 spiro atoms. The molecule has 0 aliphatic heterocycles. The fourth-order valence-electron chi connectivity index (χ4n) is 2.15. The molecule has 0 unspecified atom stereocenters. The van der Waals surface area contributed by atoms with Gasteiger partial charge in [0.2, 0.25) is 0 Å². The lowest BCUT2D eigenvalue weighted by Crippen LogP contribution is -2.41. The average molecular weight is 349 g/mol. The molecule has 0 bridgehead atoms. The molecule has 2 aromatic heterocycles. The molecule has 24 heavy (non-hydrogen) atoms. The first-order chi connectivity index (χ1) is 11.6. The normalized spacial score (nSPS) is 11.7. The molecule has 2 aromatic rings. The SMILES string of the molecule is C[C@@H](CCc1ccco1)NC(=O)NCCCNC(=O)c1cccs1. The lowest BCUT2D eigenvalue weighted by molar-refractivity contribution is 0.0957. The van der Waals surface area contributed by atoms with Gasteiger partial charge in [-0.05, 0) is 43.3 Å². The van der Waals surface area contributed by atoms with Crippen LogP contribution < -0.4 is 16.0 Å². The molecule has 3 amide bonds. The van der Waals surface area contributed by atoms with E-state index < -0.39 is 0 Å². The Morgan fingerprint density at radius 1 is 1.21 bits per heavy atom. The van der Waals surface area contributed by atoms with E-state index in [-0.39, 0.29) is 18.0 Å². The maximum atomic E-state index is 11.8. The van der Waals surface area contributed by atoms with Gasteiger partial charge in [-0.1, -0.05) is 6.07 Å². The van der Waals surface area contributed by atoms with Crippen LogP contribution in [0.1, 0.15) is 35.2 Å². The van der Waals surface area contributed by atoms with Gasteiger partial charge in [-0.2, -0.15) is 0 Å². The molecule has 6 nitrogen and oxygen atoms in total. The number of nitrogens with one attached hydrogen (secondary N) is 3. The van der Waals surface area contributed by atoms with Crippen molar-refractivity contribution in [2.24, 2.45) is 0 Å². The van der Waals surface area contributed by atoms with Crippen molar-refractivity contribution in [2.45, 2.75) is 32.2 Å². The highest BCUT2D eigenvalue weighted by Gasteiger charge is 2.08. The Balaban J connectivity index is 1.50. The van der Waals surface area contributed by atoms with Crippen molar-refractivity contribution in [1.29, 1.82) is 0 Å². The largest absolute Gasteiger partial charge is 0.469 e. The fraction of sp³-hybridized carbons (Fsp3) is 0.412. The second-order valence-electron chi connectivity index (χ2n) is 5.51. The van der Waals surface area contributed by atoms with Crippen LogP contribution in [0.25, 0.3) is 0 Å². The van der Waals surface area contributed by atoms with E-state index in [1.807, 2.05) is 30.5 Å². The van der Waals surface area contributed by atoms with Gasteiger partial charge in [-0.15, -0.1) is 11.3 Å². The van der Waals surface area contributed by atoms with E-state index in [0.29, 0.717) is 24.4 Å². The van der Waals surface area contributed by atoms with Crippen molar-refractivity contribution in [3.05, 3.63) is 46.5 Å². The topological polar surface area (TPSA) is 83.4 Å². The molecule has 130 valence electrons. The predicted molar refractivity (Wildman–Crippen MR) is 94.3 cm³/mol. The molecule has 3 N–H and O–H groups in total. The minimum atomic E-state index is -0.188. The molecule has 0 aliphatic rings. The molecule has 2 heterocycles. The van der Waals surface area contributed by atoms with Crippen LogP contribution in [-0.4, -0.2) is 31.1 Å². The van der Waals surface area contributed by atoms with Crippen molar-refractivity contribution in [3.63, 3.8) is 0 Å². The Hall–Kier alpha value is -2.28. The molecule has 7 heteroatoms. The first kappa shape index (κ1) is 18.1. The first-order valence-corrected chi connectivity index (χ1v) is 8.91. The molecule has 0 saturated carbocycles. The van der Waals surface area contributed by atoms with E-state index in [9.17, 15) is 9.59 Å². The number of aryl methyl sites for hydroxylation is 1. The minimum Gasteiger partial charge on any atom is -0.469 e. The van der Waals surface area contributed by atoms with Gasteiger partial charge in [0.25, 0.3) is 5.91 Å². The Kier molecular flexibility index (Phi) is 7.35. The van der Waals surface area contributed by atoms with Gasteiger partial charge in [-0.25, -0.2) is 4.79 Å². The van der Waals surface area contributed by atoms with Crippen LogP contribution in [0.3, 0.4) is 0 Å². The summed E-state index contributed by atoms with van der Waals surface area (Å²) >= 11 is 1.41. The van der Waals surface area contributed by atoms with E-state index in [1.165, 1.54) is 11.3 Å². The molecule has 0 radical (unpaired) electrons. The zero-order valence-corrected chi connectivity index (χ0v) is 14.5. The number of hydrogen-bond acceptors (Lipinski definition) is 4. The number of amides is 3. The maximum Gasteiger partial charge on any atom is 0.314 e.